The zero-order valence-corrected chi connectivity index (χ0v) is 13.7. The van der Waals surface area contributed by atoms with Crippen LogP contribution in [0, 0.1) is 5.92 Å². The van der Waals surface area contributed by atoms with E-state index in [9.17, 15) is 5.11 Å². The maximum absolute atomic E-state index is 10.6. The molecule has 2 aromatic heterocycles. The molecular weight excluding hydrogens is 280 g/mol. The minimum Gasteiger partial charge on any atom is -0.383 e. The maximum Gasteiger partial charge on any atom is 0.108 e. The van der Waals surface area contributed by atoms with E-state index >= 15 is 0 Å². The molecule has 0 bridgehead atoms. The summed E-state index contributed by atoms with van der Waals surface area (Å²) in [5, 5.41) is 16.1. The zero-order chi connectivity index (χ0) is 15.3. The van der Waals surface area contributed by atoms with Crippen molar-refractivity contribution in [1.82, 2.24) is 10.3 Å². The molecule has 0 unspecified atom stereocenters. The summed E-state index contributed by atoms with van der Waals surface area (Å²) < 4.78 is 0. The molecule has 0 saturated heterocycles. The molecule has 2 heterocycles. The summed E-state index contributed by atoms with van der Waals surface area (Å²) >= 11 is 1.59. The van der Waals surface area contributed by atoms with E-state index in [4.69, 9.17) is 0 Å². The van der Waals surface area contributed by atoms with Gasteiger partial charge in [-0.25, -0.2) is 0 Å². The molecule has 0 aliphatic heterocycles. The molecule has 0 fully saturated rings. The summed E-state index contributed by atoms with van der Waals surface area (Å²) in [6.07, 6.45) is 2.82. The van der Waals surface area contributed by atoms with Crippen molar-refractivity contribution in [2.75, 3.05) is 6.54 Å². The molecular formula is C17H24N2OS. The molecule has 0 radical (unpaired) electrons. The molecule has 0 spiro atoms. The van der Waals surface area contributed by atoms with Crippen LogP contribution in [0.4, 0.5) is 0 Å². The van der Waals surface area contributed by atoms with Gasteiger partial charge in [0, 0.05) is 23.7 Å². The smallest absolute Gasteiger partial charge is 0.108 e. The van der Waals surface area contributed by atoms with Gasteiger partial charge in [0.05, 0.1) is 5.69 Å². The quantitative estimate of drug-likeness (QED) is 0.819. The molecule has 0 aromatic carbocycles. The first kappa shape index (κ1) is 16.1. The van der Waals surface area contributed by atoms with Crippen molar-refractivity contribution in [3.63, 3.8) is 0 Å². The Balaban J connectivity index is 2.06. The van der Waals surface area contributed by atoms with Crippen molar-refractivity contribution < 1.29 is 5.11 Å². The van der Waals surface area contributed by atoms with Crippen LogP contribution >= 0.6 is 11.3 Å². The molecule has 114 valence electrons. The molecule has 2 aromatic rings. The van der Waals surface area contributed by atoms with Crippen LogP contribution in [0.2, 0.25) is 0 Å². The van der Waals surface area contributed by atoms with Gasteiger partial charge in [-0.15, -0.1) is 11.3 Å². The van der Waals surface area contributed by atoms with E-state index in [1.165, 1.54) is 0 Å². The van der Waals surface area contributed by atoms with E-state index in [0.29, 0.717) is 12.5 Å². The Morgan fingerprint density at radius 3 is 2.67 bits per heavy atom. The average Bonchev–Trinajstić information content (AvgIpc) is 2.99. The summed E-state index contributed by atoms with van der Waals surface area (Å²) in [5.41, 5.74) is 0.186. The van der Waals surface area contributed by atoms with Crippen LogP contribution in [0.15, 0.2) is 41.9 Å². The van der Waals surface area contributed by atoms with E-state index in [-0.39, 0.29) is 6.04 Å². The highest BCUT2D eigenvalue weighted by molar-refractivity contribution is 7.10. The summed E-state index contributed by atoms with van der Waals surface area (Å²) in [6.45, 7) is 6.78. The largest absolute Gasteiger partial charge is 0.383 e. The van der Waals surface area contributed by atoms with Gasteiger partial charge >= 0.3 is 0 Å². The highest BCUT2D eigenvalue weighted by Gasteiger charge is 2.26. The van der Waals surface area contributed by atoms with Crippen molar-refractivity contribution in [2.45, 2.75) is 38.8 Å². The normalized spacial score (nSPS) is 15.9. The lowest BCUT2D eigenvalue weighted by molar-refractivity contribution is 0.0564. The lowest BCUT2D eigenvalue weighted by Gasteiger charge is -2.27. The summed E-state index contributed by atoms with van der Waals surface area (Å²) in [5.74, 6) is 0.566. The van der Waals surface area contributed by atoms with Gasteiger partial charge in [0.2, 0.25) is 0 Å². The Morgan fingerprint density at radius 2 is 2.10 bits per heavy atom. The molecule has 2 atom stereocenters. The first-order valence-electron chi connectivity index (χ1n) is 7.39. The number of aromatic nitrogens is 1. The van der Waals surface area contributed by atoms with Crippen LogP contribution in [0.3, 0.4) is 0 Å². The molecule has 2 rings (SSSR count). The first-order valence-corrected chi connectivity index (χ1v) is 8.27. The fourth-order valence-electron chi connectivity index (χ4n) is 2.36. The fourth-order valence-corrected chi connectivity index (χ4v) is 3.14. The van der Waals surface area contributed by atoms with Gasteiger partial charge in [-0.1, -0.05) is 26.0 Å². The second-order valence-electron chi connectivity index (χ2n) is 6.07. The molecule has 0 amide bonds. The number of rotatable bonds is 7. The lowest BCUT2D eigenvalue weighted by atomic mass is 9.98. The summed E-state index contributed by atoms with van der Waals surface area (Å²) in [7, 11) is 0. The molecule has 4 heteroatoms. The van der Waals surface area contributed by atoms with E-state index in [0.717, 1.165) is 17.0 Å². The number of nitrogens with zero attached hydrogens (tertiary/aromatic N) is 1. The van der Waals surface area contributed by atoms with Gasteiger partial charge in [0.25, 0.3) is 0 Å². The van der Waals surface area contributed by atoms with Crippen LogP contribution in [-0.4, -0.2) is 16.6 Å². The number of nitrogens with one attached hydrogen (secondary N) is 1. The highest BCUT2D eigenvalue weighted by Crippen LogP contribution is 2.26. The van der Waals surface area contributed by atoms with Crippen LogP contribution < -0.4 is 5.32 Å². The van der Waals surface area contributed by atoms with Gasteiger partial charge in [-0.05, 0) is 42.8 Å². The van der Waals surface area contributed by atoms with E-state index in [1.54, 1.807) is 11.3 Å². The van der Waals surface area contributed by atoms with Crippen molar-refractivity contribution in [1.29, 1.82) is 0 Å². The Labute approximate surface area is 131 Å². The Bertz CT molecular complexity index is 523. The van der Waals surface area contributed by atoms with Gasteiger partial charge in [0.1, 0.15) is 5.60 Å². The number of hydrogen-bond acceptors (Lipinski definition) is 4. The van der Waals surface area contributed by atoms with Crippen LogP contribution in [-0.2, 0) is 5.60 Å². The third kappa shape index (κ3) is 4.63. The predicted octanol–water partition coefficient (Wildman–Crippen LogP) is 3.73. The molecule has 0 aliphatic carbocycles. The monoisotopic (exact) mass is 304 g/mol. The summed E-state index contributed by atoms with van der Waals surface area (Å²) in [6, 6.07) is 10.1. The van der Waals surface area contributed by atoms with Crippen molar-refractivity contribution in [2.24, 2.45) is 5.92 Å². The van der Waals surface area contributed by atoms with E-state index < -0.39 is 5.60 Å². The fraction of sp³-hybridized carbons (Fsp3) is 0.471. The Hall–Kier alpha value is -1.23. The van der Waals surface area contributed by atoms with Gasteiger partial charge in [-0.2, -0.15) is 0 Å². The highest BCUT2D eigenvalue weighted by atomic mass is 32.1. The summed E-state index contributed by atoms with van der Waals surface area (Å²) in [4.78, 5) is 5.44. The maximum atomic E-state index is 10.6. The minimum atomic E-state index is -0.849. The second-order valence-corrected chi connectivity index (χ2v) is 7.02. The van der Waals surface area contributed by atoms with Crippen molar-refractivity contribution in [3.8, 4) is 0 Å². The third-order valence-electron chi connectivity index (χ3n) is 3.50. The Kier molecular flexibility index (Phi) is 5.51. The molecule has 21 heavy (non-hydrogen) atoms. The first-order chi connectivity index (χ1) is 9.99. The van der Waals surface area contributed by atoms with Crippen LogP contribution in [0.25, 0.3) is 0 Å². The van der Waals surface area contributed by atoms with Gasteiger partial charge in [-0.3, -0.25) is 4.98 Å². The standard InChI is InChI=1S/C17H24N2OS/c1-13(2)11-15(14-7-4-5-9-18-14)19-12-17(3,20)16-8-6-10-21-16/h4-10,13,15,19-20H,11-12H2,1-3H3/t15-,17+/m1/s1. The van der Waals surface area contributed by atoms with Crippen molar-refractivity contribution >= 4 is 11.3 Å². The topological polar surface area (TPSA) is 45.1 Å². The minimum absolute atomic E-state index is 0.164. The number of thiophene rings is 1. The molecule has 0 saturated carbocycles. The number of aliphatic hydroxyl groups is 1. The predicted molar refractivity (Wildman–Crippen MR) is 88.3 cm³/mol. The van der Waals surface area contributed by atoms with Crippen LogP contribution in [0.1, 0.15) is 43.8 Å². The number of pyridine rings is 1. The molecule has 0 aliphatic rings. The number of hydrogen-bond donors (Lipinski definition) is 2. The van der Waals surface area contributed by atoms with E-state index in [2.05, 4.69) is 24.1 Å². The third-order valence-corrected chi connectivity index (χ3v) is 4.62. The zero-order valence-electron chi connectivity index (χ0n) is 12.9. The Morgan fingerprint density at radius 1 is 1.29 bits per heavy atom. The SMILES string of the molecule is CC(C)C[C@@H](NC[C@](C)(O)c1cccs1)c1ccccn1. The van der Waals surface area contributed by atoms with Crippen molar-refractivity contribution in [3.05, 3.63) is 52.5 Å². The molecule has 2 N–H and O–H groups in total. The van der Waals surface area contributed by atoms with Crippen LogP contribution in [0.5, 0.6) is 0 Å². The van der Waals surface area contributed by atoms with Gasteiger partial charge < -0.3 is 10.4 Å². The lowest BCUT2D eigenvalue weighted by Crippen LogP contribution is -2.37. The average molecular weight is 304 g/mol. The van der Waals surface area contributed by atoms with Gasteiger partial charge in [0.15, 0.2) is 0 Å². The van der Waals surface area contributed by atoms with E-state index in [1.807, 2.05) is 48.8 Å². The second kappa shape index (κ2) is 7.16. The molecule has 3 nitrogen and oxygen atoms in total.